The van der Waals surface area contributed by atoms with Crippen molar-refractivity contribution in [3.05, 3.63) is 95.6 Å². The van der Waals surface area contributed by atoms with Gasteiger partial charge < -0.3 is 10.1 Å². The number of likely N-dealkylation sites (N-methyl/N-ethyl adjacent to an activating group) is 1. The average molecular weight is 410 g/mol. The van der Waals surface area contributed by atoms with Gasteiger partial charge in [-0.25, -0.2) is 0 Å². The van der Waals surface area contributed by atoms with Gasteiger partial charge >= 0.3 is 0 Å². The molecule has 0 saturated carbocycles. The number of nitrogens with one attached hydrogen (secondary N) is 2. The number of benzene rings is 3. The molecule has 1 aliphatic heterocycles. The summed E-state index contributed by atoms with van der Waals surface area (Å²) in [6.07, 6.45) is 0. The number of nitriles is 1. The molecule has 6 heteroatoms. The van der Waals surface area contributed by atoms with Gasteiger partial charge in [0.25, 0.3) is 0 Å². The predicted molar refractivity (Wildman–Crippen MR) is 118 cm³/mol. The van der Waals surface area contributed by atoms with Gasteiger partial charge in [-0.2, -0.15) is 5.26 Å². The normalized spacial score (nSPS) is 20.7. The third-order valence-corrected chi connectivity index (χ3v) is 5.65. The Morgan fingerprint density at radius 2 is 1.71 bits per heavy atom. The molecule has 0 radical (unpaired) electrons. The van der Waals surface area contributed by atoms with E-state index in [0.29, 0.717) is 11.3 Å². The highest BCUT2D eigenvalue weighted by Crippen LogP contribution is 2.41. The fourth-order valence-electron chi connectivity index (χ4n) is 3.93. The van der Waals surface area contributed by atoms with E-state index in [1.54, 1.807) is 25.2 Å². The quantitative estimate of drug-likeness (QED) is 0.669. The largest absolute Gasteiger partial charge is 0.457 e. The molecule has 2 atom stereocenters. The summed E-state index contributed by atoms with van der Waals surface area (Å²) in [6, 6.07) is 26.2. The lowest BCUT2D eigenvalue weighted by Crippen LogP contribution is -2.62. The van der Waals surface area contributed by atoms with E-state index in [9.17, 15) is 10.1 Å². The first-order valence-electron chi connectivity index (χ1n) is 9.90. The topological polar surface area (TPSA) is 89.2 Å². The van der Waals surface area contributed by atoms with E-state index in [2.05, 4.69) is 11.4 Å². The minimum Gasteiger partial charge on any atom is -0.457 e. The number of rotatable bonds is 4. The molecule has 1 fully saturated rings. The smallest absolute Gasteiger partial charge is 0.239 e. The highest BCUT2D eigenvalue weighted by Gasteiger charge is 2.48. The van der Waals surface area contributed by atoms with Crippen LogP contribution in [0.25, 0.3) is 0 Å². The van der Waals surface area contributed by atoms with Gasteiger partial charge in [0, 0.05) is 7.05 Å². The van der Waals surface area contributed by atoms with Crippen LogP contribution >= 0.6 is 0 Å². The molecular formula is C25H22N4O2. The van der Waals surface area contributed by atoms with Crippen LogP contribution in [0.4, 0.5) is 0 Å². The van der Waals surface area contributed by atoms with Crippen molar-refractivity contribution in [3.8, 4) is 17.6 Å². The SMILES string of the molecule is CN1C(=N)N[C@](C)(c2cccc(C#N)c2)[C@@H](c2ccc(Oc3ccccc3)cc2)C1=O. The van der Waals surface area contributed by atoms with Crippen molar-refractivity contribution in [2.75, 3.05) is 7.05 Å². The van der Waals surface area contributed by atoms with Crippen LogP contribution in [0.2, 0.25) is 0 Å². The van der Waals surface area contributed by atoms with Crippen molar-refractivity contribution < 1.29 is 9.53 Å². The summed E-state index contributed by atoms with van der Waals surface area (Å²) in [7, 11) is 1.59. The van der Waals surface area contributed by atoms with Crippen LogP contribution in [-0.2, 0) is 10.3 Å². The Kier molecular flexibility index (Phi) is 5.18. The van der Waals surface area contributed by atoms with Crippen LogP contribution in [0.1, 0.15) is 29.5 Å². The standard InChI is InChI=1S/C25H22N4O2/c1-25(19-8-6-7-17(15-19)16-26)22(23(30)29(2)24(27)28-25)18-11-13-21(14-12-18)31-20-9-4-3-5-10-20/h3-15,22H,1-2H3,(H2,27,28)/t22-,25+/m0/s1. The molecule has 4 rings (SSSR count). The number of para-hydroxylation sites is 1. The van der Waals surface area contributed by atoms with Gasteiger partial charge in [-0.1, -0.05) is 42.5 Å². The highest BCUT2D eigenvalue weighted by atomic mass is 16.5. The van der Waals surface area contributed by atoms with E-state index in [0.717, 1.165) is 16.9 Å². The van der Waals surface area contributed by atoms with E-state index < -0.39 is 11.5 Å². The van der Waals surface area contributed by atoms with Crippen LogP contribution in [0.5, 0.6) is 11.5 Å². The highest BCUT2D eigenvalue weighted by molar-refractivity contribution is 6.02. The molecule has 1 amide bonds. The number of hydrogen-bond donors (Lipinski definition) is 2. The first-order chi connectivity index (χ1) is 14.9. The fraction of sp³-hybridized carbons (Fsp3) is 0.160. The zero-order chi connectivity index (χ0) is 22.0. The summed E-state index contributed by atoms with van der Waals surface area (Å²) in [4.78, 5) is 14.6. The van der Waals surface area contributed by atoms with Crippen LogP contribution in [0, 0.1) is 16.7 Å². The second-order valence-electron chi connectivity index (χ2n) is 7.68. The molecule has 1 heterocycles. The molecule has 1 aliphatic rings. The van der Waals surface area contributed by atoms with Crippen molar-refractivity contribution >= 4 is 11.9 Å². The predicted octanol–water partition coefficient (Wildman–Crippen LogP) is 4.35. The number of ether oxygens (including phenoxy) is 1. The monoisotopic (exact) mass is 410 g/mol. The van der Waals surface area contributed by atoms with E-state index in [1.807, 2.05) is 67.6 Å². The molecule has 0 bridgehead atoms. The van der Waals surface area contributed by atoms with Crippen LogP contribution in [0.3, 0.4) is 0 Å². The zero-order valence-electron chi connectivity index (χ0n) is 17.3. The van der Waals surface area contributed by atoms with Crippen LogP contribution < -0.4 is 10.1 Å². The van der Waals surface area contributed by atoms with Gasteiger partial charge in [0.15, 0.2) is 5.96 Å². The summed E-state index contributed by atoms with van der Waals surface area (Å²) < 4.78 is 5.87. The summed E-state index contributed by atoms with van der Waals surface area (Å²) >= 11 is 0. The molecule has 31 heavy (non-hydrogen) atoms. The molecule has 1 saturated heterocycles. The maximum absolute atomic E-state index is 13.3. The Hall–Kier alpha value is -4.11. The fourth-order valence-corrected chi connectivity index (χ4v) is 3.93. The van der Waals surface area contributed by atoms with Crippen LogP contribution in [-0.4, -0.2) is 23.8 Å². The van der Waals surface area contributed by atoms with Crippen LogP contribution in [0.15, 0.2) is 78.9 Å². The zero-order valence-corrected chi connectivity index (χ0v) is 17.3. The third kappa shape index (κ3) is 3.74. The summed E-state index contributed by atoms with van der Waals surface area (Å²) in [5.41, 5.74) is 1.17. The molecule has 3 aromatic rings. The maximum Gasteiger partial charge on any atom is 0.239 e. The lowest BCUT2D eigenvalue weighted by Gasteiger charge is -2.46. The molecule has 154 valence electrons. The number of nitrogens with zero attached hydrogens (tertiary/aromatic N) is 2. The number of carbonyl (C=O) groups is 1. The van der Waals surface area contributed by atoms with Crippen molar-refractivity contribution in [2.45, 2.75) is 18.4 Å². The average Bonchev–Trinajstić information content (AvgIpc) is 2.79. The maximum atomic E-state index is 13.3. The van der Waals surface area contributed by atoms with Gasteiger partial charge in [-0.15, -0.1) is 0 Å². The lowest BCUT2D eigenvalue weighted by molar-refractivity contribution is -0.131. The Labute approximate surface area is 181 Å². The summed E-state index contributed by atoms with van der Waals surface area (Å²) in [5.74, 6) is 0.643. The third-order valence-electron chi connectivity index (χ3n) is 5.65. The Bertz CT molecular complexity index is 1170. The van der Waals surface area contributed by atoms with Crippen molar-refractivity contribution in [2.24, 2.45) is 0 Å². The second kappa shape index (κ2) is 7.96. The van der Waals surface area contributed by atoms with Gasteiger partial charge in [-0.3, -0.25) is 15.1 Å². The van der Waals surface area contributed by atoms with E-state index in [-0.39, 0.29) is 11.9 Å². The molecule has 0 aliphatic carbocycles. The van der Waals surface area contributed by atoms with Gasteiger partial charge in [-0.05, 0) is 54.4 Å². The van der Waals surface area contributed by atoms with Gasteiger partial charge in [0.05, 0.1) is 23.1 Å². The number of amides is 1. The second-order valence-corrected chi connectivity index (χ2v) is 7.68. The van der Waals surface area contributed by atoms with Crippen molar-refractivity contribution in [3.63, 3.8) is 0 Å². The molecule has 3 aromatic carbocycles. The molecule has 6 nitrogen and oxygen atoms in total. The molecule has 2 N–H and O–H groups in total. The minimum atomic E-state index is -0.894. The number of guanidine groups is 1. The molecule has 0 unspecified atom stereocenters. The number of carbonyl (C=O) groups excluding carboxylic acids is 1. The molecular weight excluding hydrogens is 388 g/mol. The minimum absolute atomic E-state index is 0.0233. The van der Waals surface area contributed by atoms with E-state index in [4.69, 9.17) is 10.1 Å². The molecule has 0 aromatic heterocycles. The Morgan fingerprint density at radius 3 is 2.39 bits per heavy atom. The van der Waals surface area contributed by atoms with Crippen molar-refractivity contribution in [1.29, 1.82) is 10.7 Å². The van der Waals surface area contributed by atoms with Crippen molar-refractivity contribution in [1.82, 2.24) is 10.2 Å². The van der Waals surface area contributed by atoms with Gasteiger partial charge in [0.1, 0.15) is 11.5 Å². The lowest BCUT2D eigenvalue weighted by atomic mass is 9.73. The Morgan fingerprint density at radius 1 is 1.03 bits per heavy atom. The first kappa shape index (κ1) is 20.2. The van der Waals surface area contributed by atoms with Gasteiger partial charge in [0.2, 0.25) is 5.91 Å². The van der Waals surface area contributed by atoms with E-state index in [1.165, 1.54) is 4.90 Å². The van der Waals surface area contributed by atoms with E-state index >= 15 is 0 Å². The first-order valence-corrected chi connectivity index (χ1v) is 9.90. The number of hydrogen-bond acceptors (Lipinski definition) is 4. The summed E-state index contributed by atoms with van der Waals surface area (Å²) in [5, 5.41) is 20.8. The molecule has 0 spiro atoms. The Balaban J connectivity index is 1.73. The summed E-state index contributed by atoms with van der Waals surface area (Å²) in [6.45, 7) is 1.89.